The lowest BCUT2D eigenvalue weighted by Gasteiger charge is -2.20. The molecule has 0 aromatic heterocycles. The molecule has 0 saturated carbocycles. The number of fused-ring (bicyclic) bond motifs is 2. The van der Waals surface area contributed by atoms with Gasteiger partial charge in [-0.2, -0.15) is 0 Å². The van der Waals surface area contributed by atoms with Crippen LogP contribution in [-0.4, -0.2) is 53.8 Å². The average molecular weight is 765 g/mol. The fourth-order valence-corrected chi connectivity index (χ4v) is 7.89. The van der Waals surface area contributed by atoms with E-state index in [4.69, 9.17) is 42.1 Å². The first-order valence-corrected chi connectivity index (χ1v) is 19.2. The van der Waals surface area contributed by atoms with E-state index in [0.29, 0.717) is 46.1 Å². The lowest BCUT2D eigenvalue weighted by Crippen LogP contribution is -2.39. The van der Waals surface area contributed by atoms with Crippen LogP contribution in [-0.2, 0) is 30.6 Å². The van der Waals surface area contributed by atoms with Gasteiger partial charge in [-0.3, -0.25) is 10.1 Å². The molecule has 0 aliphatic heterocycles. The van der Waals surface area contributed by atoms with Crippen LogP contribution in [0.15, 0.2) is 60.7 Å². The smallest absolute Gasteiger partial charge is 0.323 e. The van der Waals surface area contributed by atoms with Crippen LogP contribution >= 0.6 is 23.2 Å². The molecule has 3 atom stereocenters. The normalized spacial score (nSPS) is 16.6. The second-order valence-electron chi connectivity index (χ2n) is 13.3. The number of aryl methyl sites for hydroxylation is 1. The van der Waals surface area contributed by atoms with Gasteiger partial charge in [-0.05, 0) is 110 Å². The molecule has 4 aromatic rings. The van der Waals surface area contributed by atoms with Crippen molar-refractivity contribution < 1.29 is 39.1 Å². The summed E-state index contributed by atoms with van der Waals surface area (Å²) in [6.45, 7) is 4.54. The number of carbonyl (C=O) groups is 1. The van der Waals surface area contributed by atoms with Gasteiger partial charge in [0.25, 0.3) is 0 Å². The summed E-state index contributed by atoms with van der Waals surface area (Å²) in [6.07, 6.45) is 5.30. The van der Waals surface area contributed by atoms with Gasteiger partial charge in [0.2, 0.25) is 0 Å². The van der Waals surface area contributed by atoms with Crippen molar-refractivity contribution in [1.29, 1.82) is 0 Å². The van der Waals surface area contributed by atoms with Crippen LogP contribution in [0.25, 0.3) is 11.1 Å². The Morgan fingerprint density at radius 1 is 0.774 bits per heavy atom. The van der Waals surface area contributed by atoms with E-state index in [1.165, 1.54) is 22.3 Å². The predicted molar refractivity (Wildman–Crippen MR) is 206 cm³/mol. The maximum atomic E-state index is 11.4. The maximum Gasteiger partial charge on any atom is 0.323 e. The molecule has 0 fully saturated rings. The Bertz CT molecular complexity index is 1920. The minimum absolute atomic E-state index is 0.148. The number of hydrogen-bond acceptors (Lipinski definition) is 8. The van der Waals surface area contributed by atoms with Gasteiger partial charge in [-0.25, -0.2) is 0 Å². The van der Waals surface area contributed by atoms with Crippen LogP contribution in [0, 0.1) is 0 Å². The van der Waals surface area contributed by atoms with Gasteiger partial charge in [0.15, 0.2) is 0 Å². The number of rotatable bonds is 18. The number of aliphatic hydroxyl groups excluding tert-OH is 2. The number of ether oxygens (including phenoxy) is 4. The molecule has 0 spiro atoms. The van der Waals surface area contributed by atoms with E-state index in [9.17, 15) is 20.1 Å². The fraction of sp³-hybridized carbons (Fsp3) is 0.405. The molecule has 6 rings (SSSR count). The third-order valence-corrected chi connectivity index (χ3v) is 10.6. The quantitative estimate of drug-likeness (QED) is 0.0739. The Kier molecular flexibility index (Phi) is 13.1. The minimum atomic E-state index is -1.14. The van der Waals surface area contributed by atoms with Gasteiger partial charge in [0.05, 0.1) is 29.9 Å². The monoisotopic (exact) mass is 763 g/mol. The van der Waals surface area contributed by atoms with Gasteiger partial charge < -0.3 is 34.3 Å². The number of carboxylic acids is 1. The number of aliphatic hydroxyl groups is 2. The first kappa shape index (κ1) is 38.7. The molecular formula is C42H47Cl2NO8. The summed E-state index contributed by atoms with van der Waals surface area (Å²) in [5, 5.41) is 31.7. The summed E-state index contributed by atoms with van der Waals surface area (Å²) in [7, 11) is 0. The van der Waals surface area contributed by atoms with Crippen LogP contribution in [0.1, 0.15) is 85.1 Å². The van der Waals surface area contributed by atoms with Gasteiger partial charge in [-0.1, -0.05) is 59.6 Å². The maximum absolute atomic E-state index is 11.4. The fourth-order valence-electron chi connectivity index (χ4n) is 7.42. The van der Waals surface area contributed by atoms with E-state index >= 15 is 0 Å². The molecule has 2 aliphatic carbocycles. The highest BCUT2D eigenvalue weighted by atomic mass is 35.5. The van der Waals surface area contributed by atoms with Gasteiger partial charge in [0, 0.05) is 30.8 Å². The standard InChI is InChI=1S/C42H47Cl2NO8/c1-3-50-38-21-40(33(43)19-25(38)9-5-6-18-46)52-36-16-14-29-27(10-7-12-31(29)36)28-11-8-13-32-30(28)15-17-37(32)53-41-22-39(51-4-2)26(20-34(41)44)23-45-35(24-47)42(48)49/h7-8,10-13,19-22,35-37,45-47H,3-6,9,14-18,23-24H2,1-2H3,(H,48,49)/t35-,36+,37+/m1/s1. The molecule has 4 aromatic carbocycles. The van der Waals surface area contributed by atoms with Crippen LogP contribution in [0.4, 0.5) is 0 Å². The van der Waals surface area contributed by atoms with Crippen molar-refractivity contribution >= 4 is 29.2 Å². The molecule has 0 amide bonds. The summed E-state index contributed by atoms with van der Waals surface area (Å²) >= 11 is 13.5. The SMILES string of the molecule is CCOc1cc(O[C@H]2CCc3c(-c4cccc5c4CC[C@@H]5Oc4cc(OCC)c(CN[C@H](CO)C(=O)O)cc4Cl)cccc32)c(Cl)cc1CCCCO. The number of halogens is 2. The van der Waals surface area contributed by atoms with Crippen LogP contribution in [0.3, 0.4) is 0 Å². The second kappa shape index (κ2) is 17.9. The van der Waals surface area contributed by atoms with Crippen molar-refractivity contribution in [3.8, 4) is 34.1 Å². The average Bonchev–Trinajstić information content (AvgIpc) is 3.76. The Morgan fingerprint density at radius 3 is 1.79 bits per heavy atom. The van der Waals surface area contributed by atoms with E-state index < -0.39 is 18.6 Å². The van der Waals surface area contributed by atoms with E-state index in [1.54, 1.807) is 12.1 Å². The molecule has 0 heterocycles. The van der Waals surface area contributed by atoms with Crippen molar-refractivity contribution in [2.24, 2.45) is 0 Å². The van der Waals surface area contributed by atoms with Gasteiger partial charge >= 0.3 is 5.97 Å². The molecule has 53 heavy (non-hydrogen) atoms. The van der Waals surface area contributed by atoms with Gasteiger partial charge in [0.1, 0.15) is 41.2 Å². The van der Waals surface area contributed by atoms with Crippen LogP contribution in [0.5, 0.6) is 23.0 Å². The van der Waals surface area contributed by atoms with Crippen LogP contribution in [0.2, 0.25) is 10.0 Å². The zero-order chi connectivity index (χ0) is 37.5. The van der Waals surface area contributed by atoms with Crippen molar-refractivity contribution in [3.05, 3.63) is 104 Å². The molecule has 282 valence electrons. The number of aliphatic carboxylic acids is 1. The van der Waals surface area contributed by atoms with E-state index in [-0.39, 0.29) is 25.4 Å². The van der Waals surface area contributed by atoms with Crippen molar-refractivity contribution in [3.63, 3.8) is 0 Å². The summed E-state index contributed by atoms with van der Waals surface area (Å²) in [5.74, 6) is 1.26. The van der Waals surface area contributed by atoms with Crippen molar-refractivity contribution in [2.75, 3.05) is 26.4 Å². The number of carboxylic acid groups (broad SMARTS) is 1. The summed E-state index contributed by atoms with van der Waals surface area (Å²) in [6, 6.07) is 19.0. The Balaban J connectivity index is 1.22. The Labute approximate surface area is 320 Å². The van der Waals surface area contributed by atoms with E-state index in [0.717, 1.165) is 67.4 Å². The number of benzene rings is 4. The summed E-state index contributed by atoms with van der Waals surface area (Å²) in [5.41, 5.74) is 8.87. The zero-order valence-electron chi connectivity index (χ0n) is 30.1. The lowest BCUT2D eigenvalue weighted by molar-refractivity contribution is -0.140. The third-order valence-electron chi connectivity index (χ3n) is 9.96. The number of nitrogens with one attached hydrogen (secondary N) is 1. The molecule has 0 saturated heterocycles. The zero-order valence-corrected chi connectivity index (χ0v) is 31.6. The lowest BCUT2D eigenvalue weighted by atomic mass is 9.91. The molecule has 2 aliphatic rings. The summed E-state index contributed by atoms with van der Waals surface area (Å²) < 4.78 is 25.1. The van der Waals surface area contributed by atoms with Crippen molar-refractivity contribution in [2.45, 2.75) is 83.6 Å². The topological polar surface area (TPSA) is 127 Å². The van der Waals surface area contributed by atoms with Gasteiger partial charge in [-0.15, -0.1) is 0 Å². The number of hydrogen-bond donors (Lipinski definition) is 4. The Hall–Kier alpha value is -3.99. The molecule has 9 nitrogen and oxygen atoms in total. The highest BCUT2D eigenvalue weighted by Gasteiger charge is 2.32. The molecule has 0 radical (unpaired) electrons. The summed E-state index contributed by atoms with van der Waals surface area (Å²) in [4.78, 5) is 11.4. The molecule has 11 heteroatoms. The first-order valence-electron chi connectivity index (χ1n) is 18.4. The Morgan fingerprint density at radius 2 is 1.30 bits per heavy atom. The number of unbranched alkanes of at least 4 members (excludes halogenated alkanes) is 1. The molecule has 0 unspecified atom stereocenters. The largest absolute Gasteiger partial charge is 0.493 e. The molecule has 0 bridgehead atoms. The molecular weight excluding hydrogens is 717 g/mol. The van der Waals surface area contributed by atoms with Crippen molar-refractivity contribution in [1.82, 2.24) is 5.32 Å². The molecule has 4 N–H and O–H groups in total. The highest BCUT2D eigenvalue weighted by molar-refractivity contribution is 6.32. The highest BCUT2D eigenvalue weighted by Crippen LogP contribution is 2.47. The predicted octanol–water partition coefficient (Wildman–Crippen LogP) is 8.44. The van der Waals surface area contributed by atoms with E-state index in [1.807, 2.05) is 26.0 Å². The third kappa shape index (κ3) is 8.71. The first-order chi connectivity index (χ1) is 25.8. The van der Waals surface area contributed by atoms with E-state index in [2.05, 4.69) is 41.7 Å². The minimum Gasteiger partial charge on any atom is -0.493 e. The van der Waals surface area contributed by atoms with Crippen LogP contribution < -0.4 is 24.3 Å². The second-order valence-corrected chi connectivity index (χ2v) is 14.1.